The molecule has 0 bridgehead atoms. The molecule has 1 aromatic carbocycles. The molecule has 0 atom stereocenters. The normalized spacial score (nSPS) is 14.0. The van der Waals surface area contributed by atoms with Crippen molar-refractivity contribution in [2.24, 2.45) is 0 Å². The molecule has 0 aliphatic carbocycles. The lowest BCUT2D eigenvalue weighted by atomic mass is 10.3. The molecular weight excluding hydrogens is 441 g/mol. The van der Waals surface area contributed by atoms with Gasteiger partial charge in [-0.15, -0.1) is 0 Å². The van der Waals surface area contributed by atoms with Crippen LogP contribution in [0.3, 0.4) is 0 Å². The second-order valence-electron chi connectivity index (χ2n) is 12.1. The number of methoxy groups -OCH3 is 3. The Balaban J connectivity index is 3.84. The molecule has 0 unspecified atom stereocenters. The Bertz CT molecular complexity index is 651. The van der Waals surface area contributed by atoms with Crippen molar-refractivity contribution in [3.63, 3.8) is 0 Å². The maximum Gasteiger partial charge on any atom is 0.126 e. The van der Waals surface area contributed by atoms with Crippen LogP contribution in [0.1, 0.15) is 0 Å². The minimum absolute atomic E-state index is 0.802. The van der Waals surface area contributed by atoms with Gasteiger partial charge in [-0.2, -0.15) is 0 Å². The summed E-state index contributed by atoms with van der Waals surface area (Å²) in [5.41, 5.74) is 1.46. The van der Waals surface area contributed by atoms with Gasteiger partial charge in [0.05, 0.1) is 29.4 Å². The summed E-state index contributed by atoms with van der Waals surface area (Å²) in [6.07, 6.45) is 0. The van der Waals surface area contributed by atoms with Crippen LogP contribution in [0, 0.1) is 0 Å². The van der Waals surface area contributed by atoms with E-state index < -0.39 is 37.5 Å². The lowest BCUT2D eigenvalue weighted by molar-refractivity contribution is 0.379. The van der Waals surface area contributed by atoms with E-state index in [-0.39, 0.29) is 0 Å². The highest BCUT2D eigenvalue weighted by Crippen LogP contribution is 2.43. The van der Waals surface area contributed by atoms with Crippen molar-refractivity contribution in [1.82, 2.24) is 0 Å². The molecule has 1 aromatic rings. The van der Waals surface area contributed by atoms with Gasteiger partial charge in [-0.1, -0.05) is 77.7 Å². The third-order valence-corrected chi connectivity index (χ3v) is 90.4. The molecule has 0 aliphatic rings. The van der Waals surface area contributed by atoms with Crippen LogP contribution in [0.2, 0.25) is 77.7 Å². The fraction of sp³-hybridized carbons (Fsp3) is 0.714. The average Bonchev–Trinajstić information content (AvgIpc) is 2.54. The first kappa shape index (κ1) is 26.7. The van der Waals surface area contributed by atoms with E-state index in [0.29, 0.717) is 0 Å². The topological polar surface area (TPSA) is 27.7 Å². The maximum atomic E-state index is 5.91. The smallest absolute Gasteiger partial charge is 0.126 e. The van der Waals surface area contributed by atoms with Crippen LogP contribution in [0.15, 0.2) is 12.1 Å². The number of rotatable bonds is 9. The summed E-state index contributed by atoms with van der Waals surface area (Å²) >= 11 is 0. The van der Waals surface area contributed by atoms with Crippen molar-refractivity contribution < 1.29 is 14.2 Å². The lowest BCUT2D eigenvalue weighted by Crippen LogP contribution is -2.84. The first-order valence-electron chi connectivity index (χ1n) is 10.7. The molecule has 0 heterocycles. The molecule has 29 heavy (non-hydrogen) atoms. The molecule has 0 fully saturated rings. The number of benzene rings is 1. The molecule has 8 heteroatoms. The predicted molar refractivity (Wildman–Crippen MR) is 144 cm³/mol. The molecule has 0 saturated heterocycles. The summed E-state index contributed by atoms with van der Waals surface area (Å²) in [6, 6.07) is 4.10. The van der Waals surface area contributed by atoms with E-state index >= 15 is 0 Å². The highest BCUT2D eigenvalue weighted by atomic mass is 29.9. The molecule has 0 spiro atoms. The van der Waals surface area contributed by atoms with E-state index in [1.54, 1.807) is 21.3 Å². The SMILES string of the molecule is COc1cc(OC)c([Si](C)(C)C[Si]([Si](C)(C)C)([Si](C)(C)C)[Si](C)(C)C)c(OC)c1. The van der Waals surface area contributed by atoms with Gasteiger partial charge in [0.25, 0.3) is 0 Å². The van der Waals surface area contributed by atoms with E-state index in [1.165, 1.54) is 10.9 Å². The van der Waals surface area contributed by atoms with E-state index in [9.17, 15) is 0 Å². The first-order chi connectivity index (χ1) is 12.9. The standard InChI is InChI=1S/C21H46O3Si5/c1-22-18-15-19(23-2)21(20(16-18)24-3)28(13,14)17-29(25(4,5)6,26(7,8)9)27(10,11)12/h15-16H,17H2,1-14H3. The summed E-state index contributed by atoms with van der Waals surface area (Å²) in [5.74, 6) is 2.70. The van der Waals surface area contributed by atoms with Crippen molar-refractivity contribution in [3.8, 4) is 17.2 Å². The minimum Gasteiger partial charge on any atom is -0.497 e. The third-order valence-electron chi connectivity index (χ3n) is 6.94. The van der Waals surface area contributed by atoms with Gasteiger partial charge in [0.15, 0.2) is 0 Å². The Hall–Kier alpha value is -0.296. The quantitative estimate of drug-likeness (QED) is 0.409. The van der Waals surface area contributed by atoms with Crippen LogP contribution in [0.4, 0.5) is 0 Å². The van der Waals surface area contributed by atoms with E-state index in [1.807, 2.05) is 12.1 Å². The number of ether oxygens (including phenoxy) is 3. The average molecular weight is 487 g/mol. The highest BCUT2D eigenvalue weighted by Gasteiger charge is 2.63. The number of hydrogen-bond donors (Lipinski definition) is 0. The maximum absolute atomic E-state index is 5.91. The van der Waals surface area contributed by atoms with Gasteiger partial charge in [-0.05, 0) is 0 Å². The molecule has 0 aromatic heterocycles. The van der Waals surface area contributed by atoms with Crippen LogP contribution in [-0.4, -0.2) is 58.8 Å². The van der Waals surface area contributed by atoms with Crippen molar-refractivity contribution in [2.45, 2.75) is 77.7 Å². The van der Waals surface area contributed by atoms with Gasteiger partial charge in [-0.25, -0.2) is 0 Å². The van der Waals surface area contributed by atoms with Crippen molar-refractivity contribution >= 4 is 42.7 Å². The van der Waals surface area contributed by atoms with Crippen molar-refractivity contribution in [1.29, 1.82) is 0 Å². The molecule has 0 saturated carbocycles. The minimum atomic E-state index is -1.85. The van der Waals surface area contributed by atoms with Crippen LogP contribution in [0.25, 0.3) is 0 Å². The molecule has 3 nitrogen and oxygen atoms in total. The predicted octanol–water partition coefficient (Wildman–Crippen LogP) is 5.87. The monoisotopic (exact) mass is 486 g/mol. The summed E-state index contributed by atoms with van der Waals surface area (Å²) in [5, 5.41) is 1.34. The summed E-state index contributed by atoms with van der Waals surface area (Å²) < 4.78 is 17.3. The first-order valence-corrected chi connectivity index (χ1v) is 29.6. The number of hydrogen-bond acceptors (Lipinski definition) is 3. The van der Waals surface area contributed by atoms with Gasteiger partial charge >= 0.3 is 0 Å². The second kappa shape index (κ2) is 8.68. The fourth-order valence-corrected chi connectivity index (χ4v) is 135. The summed E-state index contributed by atoms with van der Waals surface area (Å²) in [4.78, 5) is 0. The second-order valence-corrected chi connectivity index (χ2v) is 58.8. The molecular formula is C21H46O3Si5. The molecule has 0 radical (unpaired) electrons. The zero-order chi connectivity index (χ0) is 23.1. The van der Waals surface area contributed by atoms with Gasteiger partial charge < -0.3 is 14.2 Å². The Morgan fingerprint density at radius 1 is 0.586 bits per heavy atom. The Morgan fingerprint density at radius 2 is 0.931 bits per heavy atom. The van der Waals surface area contributed by atoms with Gasteiger partial charge in [0.2, 0.25) is 0 Å². The fourth-order valence-electron chi connectivity index (χ4n) is 6.59. The third kappa shape index (κ3) is 4.97. The molecule has 0 N–H and O–H groups in total. The largest absolute Gasteiger partial charge is 0.497 e. The zero-order valence-corrected chi connectivity index (χ0v) is 26.6. The summed E-state index contributed by atoms with van der Waals surface area (Å²) in [6.45, 7) is 27.8. The Labute approximate surface area is 185 Å². The van der Waals surface area contributed by atoms with Crippen LogP contribution in [-0.2, 0) is 0 Å². The molecule has 1 rings (SSSR count). The lowest BCUT2D eigenvalue weighted by Gasteiger charge is -2.60. The van der Waals surface area contributed by atoms with Crippen LogP contribution < -0.4 is 19.4 Å². The van der Waals surface area contributed by atoms with Crippen LogP contribution >= 0.6 is 0 Å². The molecule has 0 aliphatic heterocycles. The Kier molecular flexibility index (Phi) is 8.00. The van der Waals surface area contributed by atoms with Gasteiger partial charge in [0.1, 0.15) is 17.2 Å². The zero-order valence-electron chi connectivity index (χ0n) is 21.6. The van der Waals surface area contributed by atoms with Crippen LogP contribution in [0.5, 0.6) is 17.2 Å². The van der Waals surface area contributed by atoms with E-state index in [4.69, 9.17) is 14.2 Å². The van der Waals surface area contributed by atoms with Gasteiger partial charge in [0, 0.05) is 46.7 Å². The van der Waals surface area contributed by atoms with Crippen molar-refractivity contribution in [3.05, 3.63) is 12.1 Å². The molecule has 168 valence electrons. The van der Waals surface area contributed by atoms with E-state index in [2.05, 4.69) is 72.0 Å². The van der Waals surface area contributed by atoms with Gasteiger partial charge in [-0.3, -0.25) is 0 Å². The Morgan fingerprint density at radius 3 is 1.17 bits per heavy atom. The summed E-state index contributed by atoms with van der Waals surface area (Å²) in [7, 11) is -0.584. The van der Waals surface area contributed by atoms with E-state index in [0.717, 1.165) is 17.2 Å². The van der Waals surface area contributed by atoms with Crippen molar-refractivity contribution in [2.75, 3.05) is 21.3 Å². The highest BCUT2D eigenvalue weighted by molar-refractivity contribution is 7.90. The molecule has 0 amide bonds.